The SMILES string of the molecule is CC(C)(C)OC(=O)[C@@H]1CCCN1C(=O)Oc1ccc(Cl)cc1C(=O)Nc1ccc([N+](=O)[O-])cc1Cl.CN(COC=O)C(=O)Oc1ccc(Cl)cc1C(=O)Nc1ccc([N+](=O)[O-])cc1Cl. The number of nitrogens with one attached hydrogen (secondary N) is 2. The number of amides is 4. The molecule has 1 heterocycles. The number of hydrogen-bond donors (Lipinski definition) is 2. The number of nitrogens with zero attached hydrogens (tertiary/aromatic N) is 4. The third-order valence-corrected chi connectivity index (χ3v) is 9.50. The molecule has 1 aliphatic heterocycles. The predicted molar refractivity (Wildman–Crippen MR) is 232 cm³/mol. The van der Waals surface area contributed by atoms with Crippen LogP contribution in [0.1, 0.15) is 54.3 Å². The normalized spacial score (nSPS) is 13.0. The lowest BCUT2D eigenvalue weighted by Crippen LogP contribution is -2.44. The maximum absolute atomic E-state index is 12.9. The van der Waals surface area contributed by atoms with Crippen LogP contribution in [0.25, 0.3) is 0 Å². The first-order valence-electron chi connectivity index (χ1n) is 18.4. The van der Waals surface area contributed by atoms with Crippen LogP contribution in [0.15, 0.2) is 72.8 Å². The van der Waals surface area contributed by atoms with Gasteiger partial charge in [-0.15, -0.1) is 0 Å². The minimum absolute atomic E-state index is 0.0506. The summed E-state index contributed by atoms with van der Waals surface area (Å²) in [6, 6.07) is 14.3. The highest BCUT2D eigenvalue weighted by Crippen LogP contribution is 2.32. The molecule has 20 nitrogen and oxygen atoms in total. The van der Waals surface area contributed by atoms with Crippen molar-refractivity contribution >= 4 is 106 Å². The number of esters is 1. The van der Waals surface area contributed by atoms with E-state index in [0.717, 1.165) is 17.0 Å². The van der Waals surface area contributed by atoms with Gasteiger partial charge in [-0.1, -0.05) is 46.4 Å². The van der Waals surface area contributed by atoms with Gasteiger partial charge in [0.05, 0.1) is 42.4 Å². The quantitative estimate of drug-likeness (QED) is 0.0441. The van der Waals surface area contributed by atoms with Gasteiger partial charge in [-0.3, -0.25) is 44.4 Å². The number of carbonyl (C=O) groups excluding carboxylic acids is 6. The van der Waals surface area contributed by atoms with E-state index in [0.29, 0.717) is 12.8 Å². The van der Waals surface area contributed by atoms with Gasteiger partial charge in [0.15, 0.2) is 6.73 Å². The third kappa shape index (κ3) is 13.9. The summed E-state index contributed by atoms with van der Waals surface area (Å²) >= 11 is 24.0. The van der Waals surface area contributed by atoms with Crippen molar-refractivity contribution in [3.05, 3.63) is 124 Å². The Morgan fingerprint density at radius 1 is 0.781 bits per heavy atom. The van der Waals surface area contributed by atoms with E-state index < -0.39 is 51.5 Å². The number of rotatable bonds is 12. The lowest BCUT2D eigenvalue weighted by Gasteiger charge is -2.27. The molecule has 0 radical (unpaired) electrons. The van der Waals surface area contributed by atoms with Gasteiger partial charge in [-0.05, 0) is 82.1 Å². The van der Waals surface area contributed by atoms with Gasteiger partial charge < -0.3 is 29.6 Å². The van der Waals surface area contributed by atoms with Gasteiger partial charge in [0.25, 0.3) is 29.7 Å². The Kier molecular flexibility index (Phi) is 17.2. The maximum Gasteiger partial charge on any atom is 0.417 e. The molecule has 0 saturated carbocycles. The van der Waals surface area contributed by atoms with Gasteiger partial charge in [0, 0.05) is 47.9 Å². The Balaban J connectivity index is 0.000000286. The number of halogens is 4. The molecule has 5 rings (SSSR count). The van der Waals surface area contributed by atoms with Crippen molar-refractivity contribution in [1.29, 1.82) is 0 Å². The minimum atomic E-state index is -0.892. The molecule has 0 aliphatic carbocycles. The van der Waals surface area contributed by atoms with Gasteiger partial charge in [-0.25, -0.2) is 14.4 Å². The molecule has 0 aromatic heterocycles. The predicted octanol–water partition coefficient (Wildman–Crippen LogP) is 9.17. The maximum atomic E-state index is 12.9. The summed E-state index contributed by atoms with van der Waals surface area (Å²) in [6.45, 7) is 5.31. The van der Waals surface area contributed by atoms with E-state index in [9.17, 15) is 49.0 Å². The smallest absolute Gasteiger partial charge is 0.417 e. The highest BCUT2D eigenvalue weighted by molar-refractivity contribution is 6.35. The zero-order chi connectivity index (χ0) is 47.5. The van der Waals surface area contributed by atoms with Gasteiger partial charge in [-0.2, -0.15) is 0 Å². The Hall–Kier alpha value is -6.74. The van der Waals surface area contributed by atoms with Gasteiger partial charge in [0.2, 0.25) is 0 Å². The molecule has 4 aromatic rings. The highest BCUT2D eigenvalue weighted by atomic mass is 35.5. The summed E-state index contributed by atoms with van der Waals surface area (Å²) < 4.78 is 20.5. The second-order valence-corrected chi connectivity index (χ2v) is 15.9. The number of non-ortho nitro benzene ring substituents is 2. The lowest BCUT2D eigenvalue weighted by molar-refractivity contribution is -0.385. The number of ether oxygens (including phenoxy) is 4. The number of anilines is 2. The number of nitro groups is 2. The first-order valence-corrected chi connectivity index (χ1v) is 19.9. The van der Waals surface area contributed by atoms with Crippen LogP contribution in [-0.4, -0.2) is 88.1 Å². The summed E-state index contributed by atoms with van der Waals surface area (Å²) in [5.41, 5.74) is -1.14. The molecule has 0 spiro atoms. The van der Waals surface area contributed by atoms with Crippen LogP contribution in [-0.2, 0) is 19.1 Å². The molecule has 338 valence electrons. The van der Waals surface area contributed by atoms with E-state index in [2.05, 4.69) is 15.4 Å². The zero-order valence-corrected chi connectivity index (χ0v) is 37.0. The zero-order valence-electron chi connectivity index (χ0n) is 33.9. The second-order valence-electron chi connectivity index (χ2n) is 14.2. The monoisotopic (exact) mass is 964 g/mol. The first kappa shape index (κ1) is 49.9. The average molecular weight is 967 g/mol. The van der Waals surface area contributed by atoms with E-state index in [1.165, 1.54) is 72.6 Å². The Labute approximate surface area is 383 Å². The minimum Gasteiger partial charge on any atom is -0.458 e. The molecular weight excluding hydrogens is 930 g/mol. The molecule has 1 saturated heterocycles. The largest absolute Gasteiger partial charge is 0.458 e. The molecule has 4 amide bonds. The molecule has 0 unspecified atom stereocenters. The third-order valence-electron chi connectivity index (χ3n) is 8.40. The van der Waals surface area contributed by atoms with Crippen LogP contribution < -0.4 is 20.1 Å². The number of hydrogen-bond acceptors (Lipinski definition) is 14. The first-order chi connectivity index (χ1) is 30.1. The summed E-state index contributed by atoms with van der Waals surface area (Å²) in [4.78, 5) is 96.0. The van der Waals surface area contributed by atoms with Gasteiger partial charge in [0.1, 0.15) is 23.1 Å². The Bertz CT molecular complexity index is 2480. The molecule has 0 bridgehead atoms. The molecule has 1 atom stereocenters. The van der Waals surface area contributed by atoms with Crippen molar-refractivity contribution in [3.63, 3.8) is 0 Å². The van der Waals surface area contributed by atoms with E-state index >= 15 is 0 Å². The van der Waals surface area contributed by atoms with E-state index in [1.807, 2.05) is 0 Å². The molecule has 1 aliphatic rings. The van der Waals surface area contributed by atoms with Crippen LogP contribution in [0.3, 0.4) is 0 Å². The standard InChI is InChI=1S/C23H23Cl2N3O7.C17H13Cl2N3O7/c1-23(2,3)35-21(30)18-5-4-10-27(18)22(31)34-19-9-6-13(24)11-15(19)20(29)26-17-8-7-14(28(32)33)12-16(17)25;1-21(8-28-9-23)17(25)29-15-5-2-10(18)6-12(15)16(24)20-14-4-3-11(22(26)27)7-13(14)19/h6-9,11-12,18H,4-5,10H2,1-3H3,(H,26,29);2-7,9H,8H2,1H3,(H,20,24)/t18-;/m0./s1. The van der Waals surface area contributed by atoms with Crippen molar-refractivity contribution in [2.75, 3.05) is 31.0 Å². The van der Waals surface area contributed by atoms with Crippen LogP contribution in [0.5, 0.6) is 11.5 Å². The van der Waals surface area contributed by atoms with E-state index in [-0.39, 0.29) is 85.2 Å². The highest BCUT2D eigenvalue weighted by Gasteiger charge is 2.38. The van der Waals surface area contributed by atoms with Crippen LogP contribution >= 0.6 is 46.4 Å². The molecule has 1 fully saturated rings. The lowest BCUT2D eigenvalue weighted by atomic mass is 10.1. The summed E-state index contributed by atoms with van der Waals surface area (Å²) in [5.74, 6) is -2.18. The molecule has 24 heteroatoms. The number of benzene rings is 4. The van der Waals surface area contributed by atoms with E-state index in [1.54, 1.807) is 20.8 Å². The van der Waals surface area contributed by atoms with Crippen molar-refractivity contribution in [2.24, 2.45) is 0 Å². The van der Waals surface area contributed by atoms with Crippen molar-refractivity contribution < 1.29 is 57.6 Å². The summed E-state index contributed by atoms with van der Waals surface area (Å²) in [5, 5.41) is 27.0. The second kappa shape index (κ2) is 22.1. The molecule has 64 heavy (non-hydrogen) atoms. The fourth-order valence-corrected chi connectivity index (χ4v) is 6.26. The van der Waals surface area contributed by atoms with Gasteiger partial charge >= 0.3 is 18.2 Å². The number of likely N-dealkylation sites (tertiary alicyclic amines) is 1. The molecule has 2 N–H and O–H groups in total. The molecule has 4 aromatic carbocycles. The van der Waals surface area contributed by atoms with Crippen LogP contribution in [0.2, 0.25) is 20.1 Å². The Morgan fingerprint density at radius 3 is 1.70 bits per heavy atom. The topological polar surface area (TPSA) is 256 Å². The van der Waals surface area contributed by atoms with E-state index in [4.69, 9.17) is 60.6 Å². The fraction of sp³-hybridized carbons (Fsp3) is 0.250. The number of carbonyl (C=O) groups is 6. The van der Waals surface area contributed by atoms with Crippen LogP contribution in [0.4, 0.5) is 32.3 Å². The van der Waals surface area contributed by atoms with Crippen LogP contribution in [0, 0.1) is 20.2 Å². The Morgan fingerprint density at radius 2 is 1.27 bits per heavy atom. The summed E-state index contributed by atoms with van der Waals surface area (Å²) in [6.07, 6.45) is -0.693. The molecular formula is C40H36Cl4N6O14. The van der Waals surface area contributed by atoms with Crippen molar-refractivity contribution in [2.45, 2.75) is 45.3 Å². The average Bonchev–Trinajstić information content (AvgIpc) is 3.73. The van der Waals surface area contributed by atoms with Crippen molar-refractivity contribution in [3.8, 4) is 11.5 Å². The van der Waals surface area contributed by atoms with Crippen molar-refractivity contribution in [1.82, 2.24) is 9.80 Å². The summed E-state index contributed by atoms with van der Waals surface area (Å²) in [7, 11) is 1.32. The number of nitro benzene ring substituents is 2. The fourth-order valence-electron chi connectivity index (χ4n) is 5.47.